The average Bonchev–Trinajstić information content (AvgIpc) is 3.16. The van der Waals surface area contributed by atoms with Crippen molar-refractivity contribution in [3.05, 3.63) is 35.5 Å². The van der Waals surface area contributed by atoms with Crippen molar-refractivity contribution in [2.75, 3.05) is 35.6 Å². The van der Waals surface area contributed by atoms with Crippen molar-refractivity contribution in [2.24, 2.45) is 0 Å². The quantitative estimate of drug-likeness (QED) is 0.515. The SMILES string of the molecule is CCCc1cc(N2CCC(NC(=O)CO)C2)nc(Nc2cc(N)cc(C#N)c2)n1. The summed E-state index contributed by atoms with van der Waals surface area (Å²) in [5, 5.41) is 24.0. The fraction of sp³-hybridized carbons (Fsp3) is 0.400. The number of hydrogen-bond donors (Lipinski definition) is 4. The molecule has 5 N–H and O–H groups in total. The minimum absolute atomic E-state index is 0.0252. The van der Waals surface area contributed by atoms with Gasteiger partial charge in [0.15, 0.2) is 0 Å². The summed E-state index contributed by atoms with van der Waals surface area (Å²) in [6, 6.07) is 9.06. The minimum atomic E-state index is -0.510. The van der Waals surface area contributed by atoms with Gasteiger partial charge in [-0.2, -0.15) is 10.2 Å². The van der Waals surface area contributed by atoms with Crippen LogP contribution in [0.3, 0.4) is 0 Å². The van der Waals surface area contributed by atoms with Crippen molar-refractivity contribution >= 4 is 29.0 Å². The van der Waals surface area contributed by atoms with Crippen molar-refractivity contribution < 1.29 is 9.90 Å². The third kappa shape index (κ3) is 5.33. The third-order valence-corrected chi connectivity index (χ3v) is 4.63. The molecule has 9 heteroatoms. The molecule has 1 aliphatic heterocycles. The van der Waals surface area contributed by atoms with Gasteiger partial charge in [-0.3, -0.25) is 4.79 Å². The maximum Gasteiger partial charge on any atom is 0.245 e. The van der Waals surface area contributed by atoms with Crippen LogP contribution in [0, 0.1) is 11.3 Å². The first-order valence-corrected chi connectivity index (χ1v) is 9.61. The number of aliphatic hydroxyl groups excluding tert-OH is 1. The molecule has 0 saturated carbocycles. The predicted molar refractivity (Wildman–Crippen MR) is 111 cm³/mol. The summed E-state index contributed by atoms with van der Waals surface area (Å²) < 4.78 is 0. The molecule has 152 valence electrons. The van der Waals surface area contributed by atoms with Crippen molar-refractivity contribution in [3.63, 3.8) is 0 Å². The van der Waals surface area contributed by atoms with Gasteiger partial charge in [-0.25, -0.2) is 4.98 Å². The largest absolute Gasteiger partial charge is 0.399 e. The summed E-state index contributed by atoms with van der Waals surface area (Å²) >= 11 is 0. The zero-order valence-corrected chi connectivity index (χ0v) is 16.4. The van der Waals surface area contributed by atoms with Crippen LogP contribution in [-0.2, 0) is 11.2 Å². The highest BCUT2D eigenvalue weighted by molar-refractivity contribution is 5.77. The van der Waals surface area contributed by atoms with E-state index in [1.807, 2.05) is 6.07 Å². The topological polar surface area (TPSA) is 140 Å². The molecule has 0 bridgehead atoms. The number of aryl methyl sites for hydroxylation is 1. The molecule has 2 aromatic rings. The number of nitriles is 1. The number of nitrogens with two attached hydrogens (primary N) is 1. The Hall–Kier alpha value is -3.38. The second-order valence-electron chi connectivity index (χ2n) is 7.03. The van der Waals surface area contributed by atoms with Crippen molar-refractivity contribution in [1.82, 2.24) is 15.3 Å². The van der Waals surface area contributed by atoms with E-state index in [4.69, 9.17) is 16.1 Å². The number of rotatable bonds is 7. The van der Waals surface area contributed by atoms with Gasteiger partial charge in [-0.15, -0.1) is 0 Å². The van der Waals surface area contributed by atoms with Crippen LogP contribution in [-0.4, -0.2) is 46.7 Å². The molecule has 1 aromatic heterocycles. The van der Waals surface area contributed by atoms with E-state index in [9.17, 15) is 4.79 Å². The monoisotopic (exact) mass is 395 g/mol. The van der Waals surface area contributed by atoms with Crippen molar-refractivity contribution in [1.29, 1.82) is 5.26 Å². The van der Waals surface area contributed by atoms with Crippen LogP contribution in [0.25, 0.3) is 0 Å². The van der Waals surface area contributed by atoms with E-state index in [1.165, 1.54) is 0 Å². The Morgan fingerprint density at radius 1 is 1.38 bits per heavy atom. The molecule has 1 unspecified atom stereocenters. The number of nitrogens with one attached hydrogen (secondary N) is 2. The maximum absolute atomic E-state index is 11.4. The molecule has 0 radical (unpaired) electrons. The van der Waals surface area contributed by atoms with E-state index in [0.29, 0.717) is 29.4 Å². The lowest BCUT2D eigenvalue weighted by Crippen LogP contribution is -2.38. The van der Waals surface area contributed by atoms with E-state index in [0.717, 1.165) is 37.3 Å². The number of aliphatic hydroxyl groups is 1. The molecule has 1 saturated heterocycles. The number of nitrogen functional groups attached to an aromatic ring is 1. The maximum atomic E-state index is 11.4. The van der Waals surface area contributed by atoms with Crippen LogP contribution < -0.4 is 21.3 Å². The molecule has 0 aliphatic carbocycles. The van der Waals surface area contributed by atoms with Gasteiger partial charge >= 0.3 is 0 Å². The molecule has 0 spiro atoms. The fourth-order valence-electron chi connectivity index (χ4n) is 3.36. The van der Waals surface area contributed by atoms with Crippen molar-refractivity contribution in [3.8, 4) is 6.07 Å². The highest BCUT2D eigenvalue weighted by Gasteiger charge is 2.25. The van der Waals surface area contributed by atoms with Gasteiger partial charge in [0, 0.05) is 42.3 Å². The summed E-state index contributed by atoms with van der Waals surface area (Å²) in [6.07, 6.45) is 2.54. The van der Waals surface area contributed by atoms with E-state index < -0.39 is 6.61 Å². The van der Waals surface area contributed by atoms with Gasteiger partial charge in [0.1, 0.15) is 12.4 Å². The van der Waals surface area contributed by atoms with E-state index >= 15 is 0 Å². The molecular weight excluding hydrogens is 370 g/mol. The molecule has 2 heterocycles. The first-order valence-electron chi connectivity index (χ1n) is 9.61. The standard InChI is InChI=1S/C20H25N7O2/c1-2-3-15-9-18(27-5-4-16(11-27)23-19(29)12-28)26-20(24-15)25-17-7-13(10-21)6-14(22)8-17/h6-9,16,28H,2-5,11-12,22H2,1H3,(H,23,29)(H,24,25,26). The third-order valence-electron chi connectivity index (χ3n) is 4.63. The number of amides is 1. The molecule has 1 aromatic carbocycles. The molecule has 1 fully saturated rings. The Labute approximate surface area is 169 Å². The molecule has 9 nitrogen and oxygen atoms in total. The normalized spacial score (nSPS) is 15.8. The highest BCUT2D eigenvalue weighted by Crippen LogP contribution is 2.24. The summed E-state index contributed by atoms with van der Waals surface area (Å²) in [7, 11) is 0. The zero-order chi connectivity index (χ0) is 20.8. The summed E-state index contributed by atoms with van der Waals surface area (Å²) in [5.74, 6) is 0.836. The lowest BCUT2D eigenvalue weighted by Gasteiger charge is -2.19. The highest BCUT2D eigenvalue weighted by atomic mass is 16.3. The number of aromatic nitrogens is 2. The van der Waals surface area contributed by atoms with Gasteiger partial charge in [-0.05, 0) is 31.0 Å². The molecular formula is C20H25N7O2. The molecule has 29 heavy (non-hydrogen) atoms. The fourth-order valence-corrected chi connectivity index (χ4v) is 3.36. The van der Waals surface area contributed by atoms with Crippen LogP contribution >= 0.6 is 0 Å². The van der Waals surface area contributed by atoms with Crippen LogP contribution in [0.1, 0.15) is 31.0 Å². The number of carbonyl (C=O) groups excluding carboxylic acids is 1. The number of carbonyl (C=O) groups is 1. The Kier molecular flexibility index (Phi) is 6.46. The number of benzene rings is 1. The number of nitrogens with zero attached hydrogens (tertiary/aromatic N) is 4. The summed E-state index contributed by atoms with van der Waals surface area (Å²) in [5.41, 5.74) is 8.37. The summed E-state index contributed by atoms with van der Waals surface area (Å²) in [6.45, 7) is 2.94. The molecule has 1 aliphatic rings. The van der Waals surface area contributed by atoms with Crippen LogP contribution in [0.4, 0.5) is 23.1 Å². The Morgan fingerprint density at radius 3 is 2.93 bits per heavy atom. The second-order valence-corrected chi connectivity index (χ2v) is 7.03. The zero-order valence-electron chi connectivity index (χ0n) is 16.4. The average molecular weight is 395 g/mol. The van der Waals surface area contributed by atoms with E-state index in [-0.39, 0.29) is 11.9 Å². The summed E-state index contributed by atoms with van der Waals surface area (Å²) in [4.78, 5) is 22.7. The van der Waals surface area contributed by atoms with Crippen LogP contribution in [0.5, 0.6) is 0 Å². The Bertz CT molecular complexity index is 926. The van der Waals surface area contributed by atoms with Gasteiger partial charge in [0.05, 0.1) is 11.6 Å². The Balaban J connectivity index is 1.82. The van der Waals surface area contributed by atoms with Gasteiger partial charge in [0.2, 0.25) is 11.9 Å². The van der Waals surface area contributed by atoms with E-state index in [1.54, 1.807) is 18.2 Å². The molecule has 1 atom stereocenters. The second kappa shape index (κ2) is 9.21. The van der Waals surface area contributed by atoms with Gasteiger partial charge in [0.25, 0.3) is 0 Å². The number of anilines is 4. The lowest BCUT2D eigenvalue weighted by atomic mass is 10.2. The minimum Gasteiger partial charge on any atom is -0.399 e. The first kappa shape index (κ1) is 20.4. The lowest BCUT2D eigenvalue weighted by molar-refractivity contribution is -0.124. The smallest absolute Gasteiger partial charge is 0.245 e. The first-order chi connectivity index (χ1) is 14.0. The van der Waals surface area contributed by atoms with E-state index in [2.05, 4.69) is 38.5 Å². The molecule has 3 rings (SSSR count). The van der Waals surface area contributed by atoms with Gasteiger partial charge in [-0.1, -0.05) is 13.3 Å². The van der Waals surface area contributed by atoms with Gasteiger partial charge < -0.3 is 26.4 Å². The van der Waals surface area contributed by atoms with Crippen molar-refractivity contribution in [2.45, 2.75) is 32.2 Å². The molecule has 1 amide bonds. The van der Waals surface area contributed by atoms with Crippen LogP contribution in [0.15, 0.2) is 24.3 Å². The Morgan fingerprint density at radius 2 is 2.21 bits per heavy atom. The number of hydrogen-bond acceptors (Lipinski definition) is 8. The predicted octanol–water partition coefficient (Wildman–Crippen LogP) is 1.31. The van der Waals surface area contributed by atoms with Crippen LogP contribution in [0.2, 0.25) is 0 Å².